The van der Waals surface area contributed by atoms with Crippen molar-refractivity contribution in [3.8, 4) is 5.75 Å². The van der Waals surface area contributed by atoms with Gasteiger partial charge in [0.25, 0.3) is 0 Å². The Kier molecular flexibility index (Phi) is 14.0. The topological polar surface area (TPSA) is 156 Å². The van der Waals surface area contributed by atoms with Crippen molar-refractivity contribution in [2.24, 2.45) is 5.92 Å². The Labute approximate surface area is 318 Å². The molecule has 3 aliphatic heterocycles. The molecule has 4 bridgehead atoms. The highest BCUT2D eigenvalue weighted by molar-refractivity contribution is 8.76. The van der Waals surface area contributed by atoms with Gasteiger partial charge in [-0.25, -0.2) is 9.59 Å². The Hall–Kier alpha value is -2.95. The number of nitrogens with zero attached hydrogens (tertiary/aromatic N) is 2. The summed E-state index contributed by atoms with van der Waals surface area (Å²) in [5.74, 6) is -0.916. The fourth-order valence-electron chi connectivity index (χ4n) is 6.61. The molecule has 3 aliphatic rings. The Morgan fingerprint density at radius 3 is 2.63 bits per heavy atom. The van der Waals surface area contributed by atoms with Crippen molar-refractivity contribution in [3.63, 3.8) is 0 Å². The Morgan fingerprint density at radius 2 is 1.98 bits per heavy atom. The first-order valence-corrected chi connectivity index (χ1v) is 20.1. The number of fused-ring (bicyclic) bond motifs is 5. The molecule has 3 heterocycles. The molecule has 288 valence electrons. The molecule has 13 nitrogen and oxygen atoms in total. The highest BCUT2D eigenvalue weighted by atomic mass is 35.5. The molecule has 0 saturated carbocycles. The van der Waals surface area contributed by atoms with E-state index in [-0.39, 0.29) is 30.2 Å². The number of hydrogen-bond acceptors (Lipinski definition) is 12. The van der Waals surface area contributed by atoms with Crippen molar-refractivity contribution in [1.29, 1.82) is 0 Å². The smallest absolute Gasteiger partial charge is 0.409 e. The summed E-state index contributed by atoms with van der Waals surface area (Å²) in [7, 11) is 9.14. The van der Waals surface area contributed by atoms with Gasteiger partial charge in [-0.15, -0.1) is 0 Å². The first-order valence-electron chi connectivity index (χ1n) is 17.0. The number of amides is 3. The Balaban J connectivity index is 1.74. The van der Waals surface area contributed by atoms with Gasteiger partial charge in [-0.2, -0.15) is 0 Å². The second-order valence-electron chi connectivity index (χ2n) is 13.6. The molecule has 2 saturated heterocycles. The number of epoxide rings is 1. The number of carbonyl (C=O) groups excluding carboxylic acids is 4. The third-order valence-corrected chi connectivity index (χ3v) is 12.2. The van der Waals surface area contributed by atoms with Crippen molar-refractivity contribution in [2.75, 3.05) is 45.2 Å². The van der Waals surface area contributed by atoms with Gasteiger partial charge in [0, 0.05) is 45.7 Å². The minimum atomic E-state index is -1.82. The zero-order valence-electron chi connectivity index (χ0n) is 31.1. The second kappa shape index (κ2) is 17.5. The van der Waals surface area contributed by atoms with Gasteiger partial charge >= 0.3 is 12.1 Å². The van der Waals surface area contributed by atoms with Crippen LogP contribution in [0.2, 0.25) is 5.02 Å². The molecule has 52 heavy (non-hydrogen) atoms. The molecule has 3 amide bonds. The number of rotatable bonds is 9. The predicted octanol–water partition coefficient (Wildman–Crippen LogP) is 4.92. The number of methoxy groups -OCH3 is 2. The molecule has 0 aliphatic carbocycles. The van der Waals surface area contributed by atoms with Crippen LogP contribution in [0.3, 0.4) is 0 Å². The van der Waals surface area contributed by atoms with E-state index < -0.39 is 65.7 Å². The number of esters is 1. The van der Waals surface area contributed by atoms with Gasteiger partial charge in [0.05, 0.1) is 25.3 Å². The number of aliphatic hydroxyl groups is 1. The van der Waals surface area contributed by atoms with E-state index >= 15 is 0 Å². The van der Waals surface area contributed by atoms with E-state index in [0.29, 0.717) is 23.6 Å². The second-order valence-corrected chi connectivity index (χ2v) is 16.7. The highest BCUT2D eigenvalue weighted by Gasteiger charge is 2.64. The van der Waals surface area contributed by atoms with Gasteiger partial charge in [-0.3, -0.25) is 14.9 Å². The third kappa shape index (κ3) is 9.40. The van der Waals surface area contributed by atoms with Crippen LogP contribution in [0.1, 0.15) is 52.5 Å². The summed E-state index contributed by atoms with van der Waals surface area (Å²) in [5.41, 5.74) is -0.884. The normalized spacial score (nSPS) is 31.6. The lowest BCUT2D eigenvalue weighted by Gasteiger charge is -2.42. The minimum absolute atomic E-state index is 0.0452. The molecule has 4 rings (SSSR count). The molecule has 16 heteroatoms. The molecule has 1 aromatic rings. The Morgan fingerprint density at radius 1 is 1.27 bits per heavy atom. The molecule has 0 aromatic heterocycles. The summed E-state index contributed by atoms with van der Waals surface area (Å²) >= 11 is 6.75. The lowest BCUT2D eigenvalue weighted by atomic mass is 9.83. The van der Waals surface area contributed by atoms with E-state index in [0.717, 1.165) is 11.1 Å². The standard InChI is InChI=1S/C36H50ClN3O10S2/c1-20-11-10-12-27(47-8)36(45)19-26(48-34(44)38-36)21(2)32-35(4,50-32)28(49-33(43)22(3)39(5)29(41)13-14-52-51-9)18-30(42)40(6)24-16-23(15-20)17-25(46-7)31(24)37/h10-12,16-17,21-22,26-28,32,45H,13-15,18-19H2,1-9H3,(H,38,44)/b12-10+,20-11+/t21?,22-,26+,27+,28?,32+,35+,36-/m0/s1. The molecule has 1 aromatic carbocycles. The lowest BCUT2D eigenvalue weighted by molar-refractivity contribution is -0.161. The van der Waals surface area contributed by atoms with Crippen molar-refractivity contribution in [3.05, 3.63) is 46.5 Å². The zero-order valence-corrected chi connectivity index (χ0v) is 33.5. The van der Waals surface area contributed by atoms with Gasteiger partial charge in [0.15, 0.2) is 5.72 Å². The van der Waals surface area contributed by atoms with Gasteiger partial charge in [-0.05, 0) is 51.1 Å². The van der Waals surface area contributed by atoms with Crippen LogP contribution in [0.25, 0.3) is 0 Å². The van der Waals surface area contributed by atoms with Gasteiger partial charge in [0.1, 0.15) is 40.7 Å². The van der Waals surface area contributed by atoms with E-state index in [2.05, 4.69) is 5.32 Å². The third-order valence-electron chi connectivity index (χ3n) is 10.0. The minimum Gasteiger partial charge on any atom is -0.495 e. The van der Waals surface area contributed by atoms with E-state index in [1.54, 1.807) is 73.7 Å². The first kappa shape index (κ1) is 41.8. The predicted molar refractivity (Wildman–Crippen MR) is 202 cm³/mol. The van der Waals surface area contributed by atoms with Crippen LogP contribution in [-0.2, 0) is 39.8 Å². The van der Waals surface area contributed by atoms with Crippen molar-refractivity contribution in [2.45, 2.75) is 95.2 Å². The van der Waals surface area contributed by atoms with Crippen molar-refractivity contribution in [1.82, 2.24) is 10.2 Å². The van der Waals surface area contributed by atoms with Crippen LogP contribution in [0.15, 0.2) is 35.9 Å². The summed E-state index contributed by atoms with van der Waals surface area (Å²) in [6, 6.07) is 2.63. The first-order chi connectivity index (χ1) is 24.5. The van der Waals surface area contributed by atoms with E-state index in [1.165, 1.54) is 31.1 Å². The van der Waals surface area contributed by atoms with Gasteiger partial charge < -0.3 is 38.6 Å². The number of carbonyl (C=O) groups is 4. The summed E-state index contributed by atoms with van der Waals surface area (Å²) in [6.07, 6.45) is 3.17. The molecule has 0 radical (unpaired) electrons. The molecule has 2 unspecified atom stereocenters. The molecular formula is C36H50ClN3O10S2. The monoisotopic (exact) mass is 783 g/mol. The average Bonchev–Trinajstić information content (AvgIpc) is 3.80. The molecule has 2 N–H and O–H groups in total. The van der Waals surface area contributed by atoms with Crippen LogP contribution >= 0.6 is 33.2 Å². The fourth-order valence-corrected chi connectivity index (χ4v) is 8.09. The SMILES string of the molecule is COc1cc2cc(c1Cl)N(C)C(=O)CC(OC(=O)[C@H](C)N(C)C(=O)CCSSC)[C@@]1(C)O[C@@H]1C(C)[C@H]1C[C@@](O)(NC(=O)O1)[C@H](OC)/C=C/C=C(\C)C2. The number of allylic oxidation sites excluding steroid dienone is 3. The molecular weight excluding hydrogens is 734 g/mol. The van der Waals surface area contributed by atoms with Gasteiger partial charge in [0.2, 0.25) is 11.8 Å². The zero-order chi connectivity index (χ0) is 38.5. The number of anilines is 1. The van der Waals surface area contributed by atoms with Crippen molar-refractivity contribution < 1.29 is 48.0 Å². The van der Waals surface area contributed by atoms with Crippen LogP contribution < -0.4 is 15.0 Å². The lowest BCUT2D eigenvalue weighted by Crippen LogP contribution is -2.63. The summed E-state index contributed by atoms with van der Waals surface area (Å²) in [6.45, 7) is 7.02. The summed E-state index contributed by atoms with van der Waals surface area (Å²) in [4.78, 5) is 56.2. The summed E-state index contributed by atoms with van der Waals surface area (Å²) < 4.78 is 29.2. The van der Waals surface area contributed by atoms with E-state index in [9.17, 15) is 24.3 Å². The number of likely N-dealkylation sites (N-methyl/N-ethyl adjacent to an activating group) is 1. The van der Waals surface area contributed by atoms with E-state index in [1.807, 2.05) is 19.3 Å². The van der Waals surface area contributed by atoms with Crippen LogP contribution in [0, 0.1) is 5.92 Å². The molecule has 8 atom stereocenters. The number of nitrogens with one attached hydrogen (secondary N) is 1. The number of benzene rings is 1. The van der Waals surface area contributed by atoms with Crippen LogP contribution in [0.4, 0.5) is 10.5 Å². The van der Waals surface area contributed by atoms with Crippen LogP contribution in [0.5, 0.6) is 5.75 Å². The highest BCUT2D eigenvalue weighted by Crippen LogP contribution is 2.49. The number of alkyl carbamates (subject to hydrolysis) is 1. The maximum atomic E-state index is 14.1. The largest absolute Gasteiger partial charge is 0.495 e. The van der Waals surface area contributed by atoms with Crippen molar-refractivity contribution >= 4 is 62.8 Å². The maximum Gasteiger partial charge on any atom is 0.409 e. The van der Waals surface area contributed by atoms with Gasteiger partial charge in [-0.1, -0.05) is 63.9 Å². The quantitative estimate of drug-likeness (QED) is 0.151. The average molecular weight is 784 g/mol. The molecule has 2 fully saturated rings. The number of hydrogen-bond donors (Lipinski definition) is 2. The van der Waals surface area contributed by atoms with Crippen LogP contribution in [-0.4, -0.2) is 116 Å². The number of halogens is 1. The molecule has 0 spiro atoms. The number of ether oxygens (including phenoxy) is 5. The Bertz CT molecular complexity index is 1580. The van der Waals surface area contributed by atoms with E-state index in [4.69, 9.17) is 35.3 Å². The fraction of sp³-hybridized carbons (Fsp3) is 0.611. The maximum absolute atomic E-state index is 14.1. The summed E-state index contributed by atoms with van der Waals surface area (Å²) in [5, 5.41) is 14.5.